The van der Waals surface area contributed by atoms with Crippen molar-refractivity contribution in [1.29, 1.82) is 0 Å². The smallest absolute Gasteiger partial charge is 0.412 e. The molecule has 9 nitrogen and oxygen atoms in total. The summed E-state index contributed by atoms with van der Waals surface area (Å²) in [6.45, 7) is 5.26. The minimum Gasteiger partial charge on any atom is -0.444 e. The summed E-state index contributed by atoms with van der Waals surface area (Å²) in [6.07, 6.45) is 6.40. The van der Waals surface area contributed by atoms with Crippen molar-refractivity contribution in [2.75, 3.05) is 10.2 Å². The summed E-state index contributed by atoms with van der Waals surface area (Å²) >= 11 is 0. The molecule has 0 bridgehead atoms. The number of rotatable bonds is 10. The molecule has 4 aromatic rings. The molecule has 240 valence electrons. The number of hydrogen-bond acceptors (Lipinski definition) is 5. The summed E-state index contributed by atoms with van der Waals surface area (Å²) in [4.78, 5) is 60.2. The van der Waals surface area contributed by atoms with E-state index in [1.54, 1.807) is 57.2 Å². The van der Waals surface area contributed by atoms with Crippen molar-refractivity contribution >= 4 is 46.0 Å². The number of fused-ring (bicyclic) bond motifs is 1. The molecule has 0 spiro atoms. The van der Waals surface area contributed by atoms with E-state index < -0.39 is 29.4 Å². The van der Waals surface area contributed by atoms with Crippen molar-refractivity contribution in [2.24, 2.45) is 0 Å². The average molecular weight is 623 g/mol. The molecular formula is C37H42N4O5. The third-order valence-electron chi connectivity index (χ3n) is 8.16. The second-order valence-corrected chi connectivity index (χ2v) is 12.8. The molecule has 1 aromatic heterocycles. The fourth-order valence-corrected chi connectivity index (χ4v) is 5.98. The lowest BCUT2D eigenvalue weighted by Gasteiger charge is -2.34. The lowest BCUT2D eigenvalue weighted by Crippen LogP contribution is -2.54. The maximum Gasteiger partial charge on any atom is 0.412 e. The Morgan fingerprint density at radius 1 is 0.891 bits per heavy atom. The van der Waals surface area contributed by atoms with Crippen LogP contribution in [0.25, 0.3) is 10.9 Å². The quantitative estimate of drug-likeness (QED) is 0.128. The van der Waals surface area contributed by atoms with Gasteiger partial charge in [0, 0.05) is 23.1 Å². The lowest BCUT2D eigenvalue weighted by molar-refractivity contribution is -0.126. The van der Waals surface area contributed by atoms with Gasteiger partial charge in [0.25, 0.3) is 11.7 Å². The number of anilines is 2. The molecule has 1 aliphatic carbocycles. The zero-order valence-corrected chi connectivity index (χ0v) is 26.7. The summed E-state index contributed by atoms with van der Waals surface area (Å²) in [7, 11) is 0. The molecule has 1 fully saturated rings. The molecule has 3 amide bonds. The molecule has 1 saturated carbocycles. The highest BCUT2D eigenvalue weighted by Gasteiger charge is 2.38. The standard InChI is InChI=1S/C37H42N4O5/c1-37(2,3)46-36(45)40-30-20-12-13-21-31(30)41(35(44)33(42)28-24-38-29-19-11-10-18-27(28)29)32(23-22-25-14-6-4-7-15-25)34(43)39-26-16-8-5-9-17-26/h4,6-7,10-15,18-21,24,26,32,38H,5,8-9,16-17,22-23H2,1-3H3,(H,39,43)(H,40,45). The number of aryl methyl sites for hydroxylation is 1. The topological polar surface area (TPSA) is 121 Å². The number of amides is 3. The molecule has 46 heavy (non-hydrogen) atoms. The zero-order chi connectivity index (χ0) is 32.7. The molecule has 1 atom stereocenters. The molecule has 1 heterocycles. The van der Waals surface area contributed by atoms with E-state index in [4.69, 9.17) is 4.74 Å². The number of ketones is 1. The molecule has 3 aromatic carbocycles. The first-order valence-electron chi connectivity index (χ1n) is 16.0. The van der Waals surface area contributed by atoms with Crippen LogP contribution in [0, 0.1) is 0 Å². The Hall–Kier alpha value is -4.92. The first kappa shape index (κ1) is 32.5. The lowest BCUT2D eigenvalue weighted by atomic mass is 9.94. The molecule has 3 N–H and O–H groups in total. The van der Waals surface area contributed by atoms with Gasteiger partial charge in [-0.3, -0.25) is 24.6 Å². The van der Waals surface area contributed by atoms with Crippen LogP contribution in [0.2, 0.25) is 0 Å². The Balaban J connectivity index is 1.58. The van der Waals surface area contributed by atoms with Gasteiger partial charge in [-0.2, -0.15) is 0 Å². The van der Waals surface area contributed by atoms with Crippen LogP contribution >= 0.6 is 0 Å². The van der Waals surface area contributed by atoms with Crippen LogP contribution in [-0.4, -0.2) is 46.4 Å². The van der Waals surface area contributed by atoms with E-state index in [1.165, 1.54) is 11.1 Å². The summed E-state index contributed by atoms with van der Waals surface area (Å²) in [5, 5.41) is 6.55. The van der Waals surface area contributed by atoms with E-state index in [0.29, 0.717) is 17.3 Å². The third kappa shape index (κ3) is 8.02. The van der Waals surface area contributed by atoms with Gasteiger partial charge in [0.05, 0.1) is 16.9 Å². The fraction of sp³-hybridized carbons (Fsp3) is 0.351. The number of ether oxygens (including phenoxy) is 1. The summed E-state index contributed by atoms with van der Waals surface area (Å²) < 4.78 is 5.50. The Morgan fingerprint density at radius 2 is 1.57 bits per heavy atom. The van der Waals surface area contributed by atoms with Gasteiger partial charge >= 0.3 is 6.09 Å². The molecule has 0 saturated heterocycles. The van der Waals surface area contributed by atoms with Crippen LogP contribution in [0.1, 0.15) is 75.2 Å². The second kappa shape index (κ2) is 14.5. The van der Waals surface area contributed by atoms with E-state index in [0.717, 1.165) is 37.7 Å². The fourth-order valence-electron chi connectivity index (χ4n) is 5.98. The average Bonchev–Trinajstić information content (AvgIpc) is 3.47. The van der Waals surface area contributed by atoms with Gasteiger partial charge in [-0.25, -0.2) is 4.79 Å². The van der Waals surface area contributed by atoms with Crippen molar-refractivity contribution in [3.63, 3.8) is 0 Å². The van der Waals surface area contributed by atoms with Crippen LogP contribution in [0.3, 0.4) is 0 Å². The first-order valence-corrected chi connectivity index (χ1v) is 16.0. The van der Waals surface area contributed by atoms with Crippen molar-refractivity contribution < 1.29 is 23.9 Å². The monoisotopic (exact) mass is 622 g/mol. The zero-order valence-electron chi connectivity index (χ0n) is 26.7. The molecular weight excluding hydrogens is 580 g/mol. The van der Waals surface area contributed by atoms with Crippen LogP contribution in [0.15, 0.2) is 85.1 Å². The van der Waals surface area contributed by atoms with Crippen LogP contribution in [-0.2, 0) is 20.7 Å². The number of nitrogens with zero attached hydrogens (tertiary/aromatic N) is 1. The van der Waals surface area contributed by atoms with Gasteiger partial charge in [-0.15, -0.1) is 0 Å². The highest BCUT2D eigenvalue weighted by molar-refractivity contribution is 6.49. The normalized spacial score (nSPS) is 14.3. The number of aromatic nitrogens is 1. The van der Waals surface area contributed by atoms with Crippen LogP contribution < -0.4 is 15.5 Å². The van der Waals surface area contributed by atoms with Crippen molar-refractivity contribution in [1.82, 2.24) is 10.3 Å². The van der Waals surface area contributed by atoms with Gasteiger partial charge < -0.3 is 15.0 Å². The Labute approximate surface area is 269 Å². The minimum absolute atomic E-state index is 0.0168. The van der Waals surface area contributed by atoms with E-state index in [9.17, 15) is 19.2 Å². The highest BCUT2D eigenvalue weighted by atomic mass is 16.6. The maximum atomic E-state index is 14.5. The third-order valence-corrected chi connectivity index (χ3v) is 8.16. The van der Waals surface area contributed by atoms with E-state index >= 15 is 0 Å². The van der Waals surface area contributed by atoms with Crippen molar-refractivity contribution in [3.05, 3.63) is 96.2 Å². The van der Waals surface area contributed by atoms with Gasteiger partial charge in [0.2, 0.25) is 5.91 Å². The summed E-state index contributed by atoms with van der Waals surface area (Å²) in [5.74, 6) is -1.98. The predicted molar refractivity (Wildman–Crippen MR) is 180 cm³/mol. The minimum atomic E-state index is -1.05. The van der Waals surface area contributed by atoms with E-state index in [-0.39, 0.29) is 35.3 Å². The van der Waals surface area contributed by atoms with Gasteiger partial charge in [0.1, 0.15) is 11.6 Å². The SMILES string of the molecule is CC(C)(C)OC(=O)Nc1ccccc1N(C(=O)C(=O)c1c[nH]c2ccccc12)C(CCc1ccccc1)C(=O)NC1CCCCC1. The highest BCUT2D eigenvalue weighted by Crippen LogP contribution is 2.32. The first-order chi connectivity index (χ1) is 22.1. The number of Topliss-reactive ketones (excluding diaryl/α,β-unsaturated/α-hetero) is 1. The van der Waals surface area contributed by atoms with Crippen LogP contribution in [0.5, 0.6) is 0 Å². The molecule has 5 rings (SSSR count). The Morgan fingerprint density at radius 3 is 2.30 bits per heavy atom. The summed E-state index contributed by atoms with van der Waals surface area (Å²) in [5.41, 5.74) is 1.62. The Kier molecular flexibility index (Phi) is 10.2. The number of H-pyrrole nitrogens is 1. The number of carbonyl (C=O) groups excluding carboxylic acids is 4. The number of benzene rings is 3. The van der Waals surface area contributed by atoms with E-state index in [2.05, 4.69) is 15.6 Å². The molecule has 0 aliphatic heterocycles. The molecule has 1 unspecified atom stereocenters. The second-order valence-electron chi connectivity index (χ2n) is 12.8. The molecule has 1 aliphatic rings. The van der Waals surface area contributed by atoms with Gasteiger partial charge in [-0.05, 0) is 70.2 Å². The number of carbonyl (C=O) groups is 4. The number of nitrogens with one attached hydrogen (secondary N) is 3. The number of hydrogen-bond donors (Lipinski definition) is 3. The molecule has 9 heteroatoms. The Bertz CT molecular complexity index is 1680. The molecule has 0 radical (unpaired) electrons. The number of para-hydroxylation sites is 3. The van der Waals surface area contributed by atoms with Crippen molar-refractivity contribution in [2.45, 2.75) is 83.4 Å². The van der Waals surface area contributed by atoms with E-state index in [1.807, 2.05) is 42.5 Å². The van der Waals surface area contributed by atoms with Gasteiger partial charge in [-0.1, -0.05) is 79.9 Å². The largest absolute Gasteiger partial charge is 0.444 e. The summed E-state index contributed by atoms with van der Waals surface area (Å²) in [6, 6.07) is 22.6. The predicted octanol–water partition coefficient (Wildman–Crippen LogP) is 7.18. The van der Waals surface area contributed by atoms with Gasteiger partial charge in [0.15, 0.2) is 0 Å². The number of aromatic amines is 1. The van der Waals surface area contributed by atoms with Crippen molar-refractivity contribution in [3.8, 4) is 0 Å². The van der Waals surface area contributed by atoms with Crippen LogP contribution in [0.4, 0.5) is 16.2 Å². The maximum absolute atomic E-state index is 14.5.